The highest BCUT2D eigenvalue weighted by Crippen LogP contribution is 2.27. The number of ether oxygens (including phenoxy) is 1. The van der Waals surface area contributed by atoms with Gasteiger partial charge in [0.2, 0.25) is 5.76 Å². The first kappa shape index (κ1) is 16.0. The highest BCUT2D eigenvalue weighted by molar-refractivity contribution is 6.34. The van der Waals surface area contributed by atoms with E-state index in [4.69, 9.17) is 20.9 Å². The average molecular weight is 323 g/mol. The summed E-state index contributed by atoms with van der Waals surface area (Å²) in [7, 11) is 0. The van der Waals surface area contributed by atoms with Crippen molar-refractivity contribution >= 4 is 29.2 Å². The molecule has 2 aromatic rings. The van der Waals surface area contributed by atoms with Gasteiger partial charge in [-0.15, -0.1) is 0 Å². The van der Waals surface area contributed by atoms with Gasteiger partial charge in [-0.25, -0.2) is 4.79 Å². The number of rotatable bonds is 4. The van der Waals surface area contributed by atoms with Gasteiger partial charge >= 0.3 is 5.97 Å². The topological polar surface area (TPSA) is 81.4 Å². The van der Waals surface area contributed by atoms with Crippen molar-refractivity contribution in [3.63, 3.8) is 0 Å². The van der Waals surface area contributed by atoms with E-state index in [9.17, 15) is 9.59 Å². The van der Waals surface area contributed by atoms with Gasteiger partial charge in [-0.3, -0.25) is 4.79 Å². The van der Waals surface area contributed by atoms with Gasteiger partial charge in [0.15, 0.2) is 6.61 Å². The molecular weight excluding hydrogens is 308 g/mol. The molecule has 22 heavy (non-hydrogen) atoms. The van der Waals surface area contributed by atoms with E-state index in [1.54, 1.807) is 13.0 Å². The molecule has 0 unspecified atom stereocenters. The Morgan fingerprint density at radius 1 is 1.27 bits per heavy atom. The number of carbonyl (C=O) groups is 2. The maximum absolute atomic E-state index is 11.8. The number of nitrogens with zero attached hydrogens (tertiary/aromatic N) is 1. The normalized spacial score (nSPS) is 10.4. The largest absolute Gasteiger partial charge is 0.450 e. The monoisotopic (exact) mass is 322 g/mol. The highest BCUT2D eigenvalue weighted by Gasteiger charge is 2.16. The van der Waals surface area contributed by atoms with E-state index in [-0.39, 0.29) is 5.76 Å². The Labute approximate surface area is 132 Å². The molecule has 0 bridgehead atoms. The van der Waals surface area contributed by atoms with Crippen LogP contribution in [-0.4, -0.2) is 23.6 Å². The number of nitrogens with one attached hydrogen (secondary N) is 1. The molecule has 0 saturated heterocycles. The van der Waals surface area contributed by atoms with Crippen molar-refractivity contribution in [2.45, 2.75) is 20.8 Å². The third-order valence-corrected chi connectivity index (χ3v) is 3.16. The Kier molecular flexibility index (Phi) is 4.82. The van der Waals surface area contributed by atoms with Crippen LogP contribution in [0.1, 0.15) is 27.4 Å². The molecule has 6 nitrogen and oxygen atoms in total. The van der Waals surface area contributed by atoms with Crippen LogP contribution in [0.25, 0.3) is 0 Å². The van der Waals surface area contributed by atoms with Gasteiger partial charge in [0.25, 0.3) is 5.91 Å². The molecule has 0 aliphatic carbocycles. The number of aromatic nitrogens is 1. The third kappa shape index (κ3) is 3.85. The Bertz CT molecular complexity index is 701. The smallest absolute Gasteiger partial charge is 0.377 e. The highest BCUT2D eigenvalue weighted by atomic mass is 35.5. The van der Waals surface area contributed by atoms with Crippen LogP contribution >= 0.6 is 11.6 Å². The van der Waals surface area contributed by atoms with Gasteiger partial charge in [0.05, 0.1) is 16.4 Å². The number of halogens is 1. The molecule has 0 aliphatic rings. The second-order valence-electron chi connectivity index (χ2n) is 4.90. The minimum absolute atomic E-state index is 0.0464. The van der Waals surface area contributed by atoms with Gasteiger partial charge < -0.3 is 14.6 Å². The summed E-state index contributed by atoms with van der Waals surface area (Å²) >= 11 is 6.09. The fraction of sp³-hybridized carbons (Fsp3) is 0.267. The Morgan fingerprint density at radius 3 is 2.59 bits per heavy atom. The molecule has 0 atom stereocenters. The number of anilines is 1. The minimum Gasteiger partial charge on any atom is -0.450 e. The number of benzene rings is 1. The Balaban J connectivity index is 1.95. The maximum atomic E-state index is 11.8. The molecule has 2 rings (SSSR count). The average Bonchev–Trinajstić information content (AvgIpc) is 2.87. The van der Waals surface area contributed by atoms with Gasteiger partial charge in [-0.1, -0.05) is 22.8 Å². The van der Waals surface area contributed by atoms with Crippen LogP contribution in [0.5, 0.6) is 0 Å². The number of amides is 1. The SMILES string of the molecule is Cc1cc(C)c(NC(=O)COC(=O)c2cc(C)no2)c(Cl)c1. The lowest BCUT2D eigenvalue weighted by atomic mass is 10.1. The number of carbonyl (C=O) groups excluding carboxylic acids is 2. The third-order valence-electron chi connectivity index (χ3n) is 2.86. The first-order valence-electron chi connectivity index (χ1n) is 6.54. The summed E-state index contributed by atoms with van der Waals surface area (Å²) in [6.07, 6.45) is 0. The van der Waals surface area contributed by atoms with Crippen LogP contribution in [0.15, 0.2) is 22.7 Å². The number of aryl methyl sites for hydroxylation is 3. The van der Waals surface area contributed by atoms with Crippen LogP contribution in [0.4, 0.5) is 5.69 Å². The number of esters is 1. The van der Waals surface area contributed by atoms with Crippen molar-refractivity contribution < 1.29 is 18.8 Å². The van der Waals surface area contributed by atoms with Crippen LogP contribution in [0.2, 0.25) is 5.02 Å². The summed E-state index contributed by atoms with van der Waals surface area (Å²) in [5.74, 6) is -1.28. The molecule has 0 saturated carbocycles. The molecule has 116 valence electrons. The molecular formula is C15H15ClN2O4. The van der Waals surface area contributed by atoms with E-state index in [2.05, 4.69) is 10.5 Å². The van der Waals surface area contributed by atoms with Crippen molar-refractivity contribution in [1.29, 1.82) is 0 Å². The fourth-order valence-corrected chi connectivity index (χ4v) is 2.28. The number of hydrogen-bond acceptors (Lipinski definition) is 5. The Morgan fingerprint density at radius 2 is 2.00 bits per heavy atom. The zero-order chi connectivity index (χ0) is 16.3. The second-order valence-corrected chi connectivity index (χ2v) is 5.30. The quantitative estimate of drug-likeness (QED) is 0.875. The van der Waals surface area contributed by atoms with Crippen molar-refractivity contribution in [1.82, 2.24) is 5.16 Å². The first-order chi connectivity index (χ1) is 10.4. The van der Waals surface area contributed by atoms with E-state index in [1.165, 1.54) is 6.07 Å². The summed E-state index contributed by atoms with van der Waals surface area (Å²) in [6.45, 7) is 4.97. The van der Waals surface area contributed by atoms with Gasteiger partial charge in [0, 0.05) is 6.07 Å². The van der Waals surface area contributed by atoms with Crippen LogP contribution < -0.4 is 5.32 Å². The van der Waals surface area contributed by atoms with Gasteiger partial charge in [0.1, 0.15) is 0 Å². The molecule has 0 radical (unpaired) electrons. The molecule has 1 heterocycles. The van der Waals surface area contributed by atoms with E-state index < -0.39 is 18.5 Å². The molecule has 0 spiro atoms. The summed E-state index contributed by atoms with van der Waals surface area (Å²) < 4.78 is 9.60. The Hall–Kier alpha value is -2.34. The first-order valence-corrected chi connectivity index (χ1v) is 6.91. The van der Waals surface area contributed by atoms with Crippen LogP contribution in [0, 0.1) is 20.8 Å². The zero-order valence-corrected chi connectivity index (χ0v) is 13.2. The van der Waals surface area contributed by atoms with Crippen LogP contribution in [0.3, 0.4) is 0 Å². The lowest BCUT2D eigenvalue weighted by Gasteiger charge is -2.11. The van der Waals surface area contributed by atoms with E-state index in [0.29, 0.717) is 16.4 Å². The summed E-state index contributed by atoms with van der Waals surface area (Å²) in [4.78, 5) is 23.5. The zero-order valence-electron chi connectivity index (χ0n) is 12.4. The maximum Gasteiger partial charge on any atom is 0.377 e. The molecule has 1 aromatic carbocycles. The minimum atomic E-state index is -0.748. The fourth-order valence-electron chi connectivity index (χ4n) is 1.91. The van der Waals surface area contributed by atoms with E-state index in [1.807, 2.05) is 19.9 Å². The predicted octanol–water partition coefficient (Wildman–Crippen LogP) is 3.05. The lowest BCUT2D eigenvalue weighted by molar-refractivity contribution is -0.119. The molecule has 1 aromatic heterocycles. The summed E-state index contributed by atoms with van der Waals surface area (Å²) in [5.41, 5.74) is 2.88. The number of hydrogen-bond donors (Lipinski definition) is 1. The molecule has 7 heteroatoms. The lowest BCUT2D eigenvalue weighted by Crippen LogP contribution is -2.21. The van der Waals surface area contributed by atoms with Crippen molar-refractivity contribution in [3.05, 3.63) is 45.8 Å². The van der Waals surface area contributed by atoms with Crippen molar-refractivity contribution in [3.8, 4) is 0 Å². The van der Waals surface area contributed by atoms with Gasteiger partial charge in [-0.2, -0.15) is 0 Å². The second kappa shape index (κ2) is 6.62. The van der Waals surface area contributed by atoms with E-state index >= 15 is 0 Å². The van der Waals surface area contributed by atoms with Crippen LogP contribution in [-0.2, 0) is 9.53 Å². The van der Waals surface area contributed by atoms with Crippen molar-refractivity contribution in [2.75, 3.05) is 11.9 Å². The predicted molar refractivity (Wildman–Crippen MR) is 81.1 cm³/mol. The van der Waals surface area contributed by atoms with Crippen molar-refractivity contribution in [2.24, 2.45) is 0 Å². The van der Waals surface area contributed by atoms with E-state index in [0.717, 1.165) is 11.1 Å². The molecule has 1 amide bonds. The summed E-state index contributed by atoms with van der Waals surface area (Å²) in [5, 5.41) is 6.63. The molecule has 0 fully saturated rings. The molecule has 0 aliphatic heterocycles. The van der Waals surface area contributed by atoms with Gasteiger partial charge in [-0.05, 0) is 38.0 Å². The standard InChI is InChI=1S/C15H15ClN2O4/c1-8-4-9(2)14(11(16)5-8)17-13(19)7-21-15(20)12-6-10(3)18-22-12/h4-6H,7H2,1-3H3,(H,17,19). The summed E-state index contributed by atoms with van der Waals surface area (Å²) in [6, 6.07) is 5.07. The molecule has 1 N–H and O–H groups in total.